The van der Waals surface area contributed by atoms with Crippen LogP contribution in [0.1, 0.15) is 20.8 Å². The van der Waals surface area contributed by atoms with Crippen LogP contribution < -0.4 is 5.32 Å². The lowest BCUT2D eigenvalue weighted by Gasteiger charge is -2.23. The average Bonchev–Trinajstić information content (AvgIpc) is 2.58. The number of rotatable bonds is 1. The summed E-state index contributed by atoms with van der Waals surface area (Å²) < 4.78 is 5.24. The summed E-state index contributed by atoms with van der Waals surface area (Å²) in [6, 6.07) is 0. The van der Waals surface area contributed by atoms with Gasteiger partial charge in [-0.1, -0.05) is 11.8 Å². The molecule has 2 aliphatic heterocycles. The number of nitrogens with one attached hydrogen (secondary N) is 2. The lowest BCUT2D eigenvalue weighted by Crippen LogP contribution is -2.43. The predicted octanol–water partition coefficient (Wildman–Crippen LogP) is 1.04. The Balaban J connectivity index is 2.22. The van der Waals surface area contributed by atoms with E-state index in [1.54, 1.807) is 26.2 Å². The Bertz CT molecular complexity index is 502. The number of ether oxygens (including phenoxy) is 1. The summed E-state index contributed by atoms with van der Waals surface area (Å²) in [5.41, 5.74) is -0.334. The molecule has 0 aliphatic carbocycles. The number of fused-ring (bicyclic) bond motifs is 1. The van der Waals surface area contributed by atoms with Gasteiger partial charge < -0.3 is 4.74 Å². The number of nitrogens with zero attached hydrogens (tertiary/aromatic N) is 1. The Morgan fingerprint density at radius 2 is 2.22 bits per heavy atom. The predicted molar refractivity (Wildman–Crippen MR) is 68.3 cm³/mol. The fourth-order valence-electron chi connectivity index (χ4n) is 1.57. The molecule has 0 saturated heterocycles. The molecule has 0 aromatic heterocycles. The largest absolute Gasteiger partial charge is 0.457 e. The van der Waals surface area contributed by atoms with Gasteiger partial charge in [-0.3, -0.25) is 15.5 Å². The second-order valence-corrected chi connectivity index (χ2v) is 5.80. The minimum absolute atomic E-state index is 0.197. The van der Waals surface area contributed by atoms with E-state index >= 15 is 0 Å². The van der Waals surface area contributed by atoms with Crippen molar-refractivity contribution in [1.82, 2.24) is 5.32 Å². The summed E-state index contributed by atoms with van der Waals surface area (Å²) in [5, 5.41) is 11.6. The van der Waals surface area contributed by atoms with Crippen LogP contribution in [0.2, 0.25) is 0 Å². The van der Waals surface area contributed by atoms with Gasteiger partial charge in [-0.05, 0) is 26.2 Å². The Hall–Kier alpha value is -1.63. The number of amides is 1. The molecule has 7 heteroatoms. The van der Waals surface area contributed by atoms with Gasteiger partial charge in [0, 0.05) is 0 Å². The van der Waals surface area contributed by atoms with Crippen molar-refractivity contribution in [3.8, 4) is 0 Å². The molecule has 2 rings (SSSR count). The van der Waals surface area contributed by atoms with Crippen molar-refractivity contribution < 1.29 is 14.3 Å². The van der Waals surface area contributed by atoms with Crippen LogP contribution in [0.25, 0.3) is 0 Å². The van der Waals surface area contributed by atoms with Crippen molar-refractivity contribution in [3.63, 3.8) is 0 Å². The zero-order valence-corrected chi connectivity index (χ0v) is 11.1. The summed E-state index contributed by atoms with van der Waals surface area (Å²) >= 11 is 1.18. The van der Waals surface area contributed by atoms with Crippen LogP contribution in [0.3, 0.4) is 0 Å². The zero-order valence-electron chi connectivity index (χ0n) is 10.2. The van der Waals surface area contributed by atoms with Crippen LogP contribution in [0.4, 0.5) is 0 Å². The number of hydrogen-bond donors (Lipinski definition) is 2. The van der Waals surface area contributed by atoms with E-state index in [2.05, 4.69) is 10.3 Å². The molecule has 0 aromatic carbocycles. The zero-order chi connectivity index (χ0) is 13.5. The van der Waals surface area contributed by atoms with Crippen molar-refractivity contribution >= 4 is 34.6 Å². The van der Waals surface area contributed by atoms with Gasteiger partial charge in [-0.15, -0.1) is 0 Å². The summed E-state index contributed by atoms with van der Waals surface area (Å²) in [4.78, 5) is 27.6. The normalized spacial score (nSPS) is 22.9. The third kappa shape index (κ3) is 2.45. The minimum atomic E-state index is -0.737. The second-order valence-electron chi connectivity index (χ2n) is 4.91. The Labute approximate surface area is 108 Å². The molecule has 0 spiro atoms. The first-order valence-corrected chi connectivity index (χ1v) is 6.24. The number of aliphatic imine (C=N–C) groups is 1. The lowest BCUT2D eigenvalue weighted by atomic mass is 10.00. The maximum Gasteiger partial charge on any atom is 0.336 e. The molecule has 2 heterocycles. The number of esters is 1. The van der Waals surface area contributed by atoms with Crippen molar-refractivity contribution in [1.29, 1.82) is 5.41 Å². The van der Waals surface area contributed by atoms with Gasteiger partial charge in [-0.2, -0.15) is 0 Å². The molecule has 2 N–H and O–H groups in total. The van der Waals surface area contributed by atoms with Crippen LogP contribution in [0.15, 0.2) is 16.0 Å². The number of carbonyl (C=O) groups is 2. The van der Waals surface area contributed by atoms with E-state index < -0.39 is 23.4 Å². The standard InChI is InChI=1S/C11H13N3O3S/c1-11(2,3)17-9(16)5-4-18-8-6(5)7(15)13-10(12)14-8/h4,6H,1-3H3,(H2,12,13,15). The SMILES string of the molecule is CC(C)(C)OC(=O)C1=CSC2=NC(=N)NC(=O)C12. The van der Waals surface area contributed by atoms with Crippen LogP contribution in [-0.2, 0) is 14.3 Å². The van der Waals surface area contributed by atoms with Crippen molar-refractivity contribution in [3.05, 3.63) is 11.0 Å². The first-order chi connectivity index (χ1) is 8.28. The highest BCUT2D eigenvalue weighted by molar-refractivity contribution is 8.17. The van der Waals surface area contributed by atoms with Gasteiger partial charge in [0.1, 0.15) is 11.5 Å². The monoisotopic (exact) mass is 267 g/mol. The molecule has 0 aromatic rings. The molecule has 0 fully saturated rings. The third-order valence-corrected chi connectivity index (χ3v) is 3.17. The molecule has 18 heavy (non-hydrogen) atoms. The van der Waals surface area contributed by atoms with Gasteiger partial charge in [0.25, 0.3) is 0 Å². The third-order valence-electron chi connectivity index (χ3n) is 2.22. The Morgan fingerprint density at radius 1 is 1.56 bits per heavy atom. The smallest absolute Gasteiger partial charge is 0.336 e. The fraction of sp³-hybridized carbons (Fsp3) is 0.455. The minimum Gasteiger partial charge on any atom is -0.457 e. The molecule has 96 valence electrons. The molecule has 1 amide bonds. The number of carbonyl (C=O) groups excluding carboxylic acids is 2. The number of guanidine groups is 1. The van der Waals surface area contributed by atoms with Gasteiger partial charge in [0.15, 0.2) is 0 Å². The fourth-order valence-corrected chi connectivity index (χ4v) is 2.56. The molecule has 2 aliphatic rings. The van der Waals surface area contributed by atoms with E-state index in [9.17, 15) is 9.59 Å². The second kappa shape index (κ2) is 4.24. The van der Waals surface area contributed by atoms with Gasteiger partial charge in [0.05, 0.1) is 10.6 Å². The number of hydrogen-bond acceptors (Lipinski definition) is 5. The van der Waals surface area contributed by atoms with Gasteiger partial charge in [-0.25, -0.2) is 9.79 Å². The molecule has 0 radical (unpaired) electrons. The highest BCUT2D eigenvalue weighted by atomic mass is 32.2. The molecular formula is C11H13N3O3S. The number of thioether (sulfide) groups is 1. The van der Waals surface area contributed by atoms with Crippen molar-refractivity contribution in [2.75, 3.05) is 0 Å². The van der Waals surface area contributed by atoms with Gasteiger partial charge in [0.2, 0.25) is 11.9 Å². The van der Waals surface area contributed by atoms with E-state index in [1.807, 2.05) is 0 Å². The summed E-state index contributed by atoms with van der Waals surface area (Å²) in [7, 11) is 0. The van der Waals surface area contributed by atoms with Crippen LogP contribution in [-0.4, -0.2) is 28.5 Å². The first kappa shape index (κ1) is 12.8. The molecule has 0 bridgehead atoms. The van der Waals surface area contributed by atoms with E-state index in [0.29, 0.717) is 5.04 Å². The Kier molecular flexibility index (Phi) is 3.02. The Morgan fingerprint density at radius 3 is 2.83 bits per heavy atom. The molecule has 1 atom stereocenters. The topological polar surface area (TPSA) is 91.6 Å². The van der Waals surface area contributed by atoms with E-state index in [-0.39, 0.29) is 11.5 Å². The molecule has 6 nitrogen and oxygen atoms in total. The van der Waals surface area contributed by atoms with Crippen LogP contribution >= 0.6 is 11.8 Å². The summed E-state index contributed by atoms with van der Waals surface area (Å²) in [5.74, 6) is -1.86. The van der Waals surface area contributed by atoms with E-state index in [4.69, 9.17) is 10.1 Å². The van der Waals surface area contributed by atoms with Crippen LogP contribution in [0, 0.1) is 11.3 Å². The molecule has 1 unspecified atom stereocenters. The maximum absolute atomic E-state index is 12.0. The van der Waals surface area contributed by atoms with E-state index in [1.165, 1.54) is 11.8 Å². The maximum atomic E-state index is 12.0. The highest BCUT2D eigenvalue weighted by Crippen LogP contribution is 2.34. The average molecular weight is 267 g/mol. The molecule has 0 saturated carbocycles. The van der Waals surface area contributed by atoms with Gasteiger partial charge >= 0.3 is 5.97 Å². The van der Waals surface area contributed by atoms with Crippen molar-refractivity contribution in [2.24, 2.45) is 10.9 Å². The van der Waals surface area contributed by atoms with Crippen molar-refractivity contribution in [2.45, 2.75) is 26.4 Å². The summed E-state index contributed by atoms with van der Waals surface area (Å²) in [6.07, 6.45) is 0. The first-order valence-electron chi connectivity index (χ1n) is 5.36. The molecular weight excluding hydrogens is 254 g/mol. The lowest BCUT2D eigenvalue weighted by molar-refractivity contribution is -0.151. The van der Waals surface area contributed by atoms with E-state index in [0.717, 1.165) is 0 Å². The quantitative estimate of drug-likeness (QED) is 0.694. The summed E-state index contributed by atoms with van der Waals surface area (Å²) in [6.45, 7) is 5.29. The van der Waals surface area contributed by atoms with Crippen LogP contribution in [0.5, 0.6) is 0 Å². The highest BCUT2D eigenvalue weighted by Gasteiger charge is 2.41.